The minimum Gasteiger partial charge on any atom is -0.0654 e. The fourth-order valence-electron chi connectivity index (χ4n) is 5.93. The molecule has 0 saturated heterocycles. The summed E-state index contributed by atoms with van der Waals surface area (Å²) in [6.45, 7) is 9.85. The first kappa shape index (κ1) is 19.3. The lowest BCUT2D eigenvalue weighted by atomic mass is 9.64. The lowest BCUT2D eigenvalue weighted by Crippen LogP contribution is -2.31. The molecule has 23 heavy (non-hydrogen) atoms. The molecule has 2 saturated carbocycles. The molecule has 136 valence electrons. The monoisotopic (exact) mass is 320 g/mol. The van der Waals surface area contributed by atoms with Gasteiger partial charge >= 0.3 is 0 Å². The summed E-state index contributed by atoms with van der Waals surface area (Å²) in [5.41, 5.74) is 0. The third kappa shape index (κ3) is 6.09. The van der Waals surface area contributed by atoms with Crippen LogP contribution in [0.3, 0.4) is 0 Å². The van der Waals surface area contributed by atoms with Crippen LogP contribution in [0.1, 0.15) is 111 Å². The van der Waals surface area contributed by atoms with E-state index in [4.69, 9.17) is 0 Å². The molecule has 2 aliphatic rings. The van der Waals surface area contributed by atoms with E-state index in [9.17, 15) is 0 Å². The molecular weight excluding hydrogens is 276 g/mol. The van der Waals surface area contributed by atoms with Gasteiger partial charge in [0.05, 0.1) is 0 Å². The van der Waals surface area contributed by atoms with E-state index in [1.165, 1.54) is 44.9 Å². The minimum absolute atomic E-state index is 0.963. The van der Waals surface area contributed by atoms with Crippen molar-refractivity contribution in [2.45, 2.75) is 111 Å². The number of hydrogen-bond donors (Lipinski definition) is 0. The second-order valence-electron chi connectivity index (χ2n) is 9.36. The Labute approximate surface area is 147 Å². The Hall–Kier alpha value is 0. The van der Waals surface area contributed by atoms with Gasteiger partial charge in [0.15, 0.2) is 0 Å². The molecule has 4 unspecified atom stereocenters. The number of hydrogen-bond acceptors (Lipinski definition) is 0. The highest BCUT2D eigenvalue weighted by Crippen LogP contribution is 2.45. The summed E-state index contributed by atoms with van der Waals surface area (Å²) in [6.07, 6.45) is 19.5. The summed E-state index contributed by atoms with van der Waals surface area (Å²) in [4.78, 5) is 0. The second-order valence-corrected chi connectivity index (χ2v) is 9.36. The smallest absolute Gasteiger partial charge is 0.0383 e. The van der Waals surface area contributed by atoms with Gasteiger partial charge in [-0.15, -0.1) is 0 Å². The van der Waals surface area contributed by atoms with Crippen LogP contribution in [0.15, 0.2) is 0 Å². The number of rotatable bonds is 8. The van der Waals surface area contributed by atoms with Crippen LogP contribution < -0.4 is 0 Å². The predicted molar refractivity (Wildman–Crippen MR) is 104 cm³/mol. The van der Waals surface area contributed by atoms with Gasteiger partial charge in [0.2, 0.25) is 0 Å². The van der Waals surface area contributed by atoms with E-state index in [0.29, 0.717) is 0 Å². The highest BCUT2D eigenvalue weighted by atomic mass is 14.4. The molecule has 2 aliphatic carbocycles. The van der Waals surface area contributed by atoms with Gasteiger partial charge in [0, 0.05) is 0 Å². The third-order valence-corrected chi connectivity index (χ3v) is 7.37. The zero-order valence-corrected chi connectivity index (χ0v) is 16.7. The molecule has 2 fully saturated rings. The molecule has 2 rings (SSSR count). The van der Waals surface area contributed by atoms with Crippen LogP contribution in [-0.4, -0.2) is 0 Å². The Balaban J connectivity index is 1.95. The maximum atomic E-state index is 2.55. The average Bonchev–Trinajstić information content (AvgIpc) is 2.56. The van der Waals surface area contributed by atoms with Gasteiger partial charge in [-0.2, -0.15) is 0 Å². The van der Waals surface area contributed by atoms with E-state index in [-0.39, 0.29) is 0 Å². The van der Waals surface area contributed by atoms with Gasteiger partial charge in [0.25, 0.3) is 0 Å². The fourth-order valence-corrected chi connectivity index (χ4v) is 5.93. The van der Waals surface area contributed by atoms with Crippen LogP contribution in [0, 0.1) is 35.5 Å². The van der Waals surface area contributed by atoms with Crippen molar-refractivity contribution < 1.29 is 0 Å². The first-order valence-corrected chi connectivity index (χ1v) is 11.1. The van der Waals surface area contributed by atoms with Gasteiger partial charge in [-0.25, -0.2) is 0 Å². The summed E-state index contributed by atoms with van der Waals surface area (Å²) in [5, 5.41) is 0. The SMILES string of the molecule is CCCC(C)C1CC(CC2CCCCC2)CC(C(C)CCC)C1. The fraction of sp³-hybridized carbons (Fsp3) is 1.00. The molecular formula is C23H44. The van der Waals surface area contributed by atoms with Crippen molar-refractivity contribution in [3.63, 3.8) is 0 Å². The highest BCUT2D eigenvalue weighted by molar-refractivity contribution is 4.85. The molecule has 0 aromatic carbocycles. The van der Waals surface area contributed by atoms with E-state index in [0.717, 1.165) is 35.5 Å². The maximum absolute atomic E-state index is 2.55. The quantitative estimate of drug-likeness (QED) is 0.427. The Bertz CT molecular complexity index is 281. The summed E-state index contributed by atoms with van der Waals surface area (Å²) < 4.78 is 0. The molecule has 0 spiro atoms. The summed E-state index contributed by atoms with van der Waals surface area (Å²) in [6, 6.07) is 0. The predicted octanol–water partition coefficient (Wildman–Crippen LogP) is 7.86. The topological polar surface area (TPSA) is 0 Å². The standard InChI is InChI=1S/C23H44/c1-5-10-18(3)22-15-21(14-20-12-8-7-9-13-20)16-23(17-22)19(4)11-6-2/h18-23H,5-17H2,1-4H3. The van der Waals surface area contributed by atoms with Crippen LogP contribution in [0.5, 0.6) is 0 Å². The van der Waals surface area contributed by atoms with Crippen LogP contribution >= 0.6 is 0 Å². The van der Waals surface area contributed by atoms with Gasteiger partial charge in [-0.3, -0.25) is 0 Å². The van der Waals surface area contributed by atoms with Gasteiger partial charge in [0.1, 0.15) is 0 Å². The lowest BCUT2D eigenvalue weighted by Gasteiger charge is -2.42. The van der Waals surface area contributed by atoms with Crippen LogP contribution in [0.25, 0.3) is 0 Å². The Morgan fingerprint density at radius 1 is 0.696 bits per heavy atom. The zero-order chi connectivity index (χ0) is 16.7. The zero-order valence-electron chi connectivity index (χ0n) is 16.7. The van der Waals surface area contributed by atoms with E-state index in [2.05, 4.69) is 27.7 Å². The van der Waals surface area contributed by atoms with E-state index in [1.54, 1.807) is 38.5 Å². The van der Waals surface area contributed by atoms with Crippen molar-refractivity contribution in [2.24, 2.45) is 35.5 Å². The highest BCUT2D eigenvalue weighted by Gasteiger charge is 2.34. The van der Waals surface area contributed by atoms with Gasteiger partial charge in [-0.1, -0.05) is 85.5 Å². The molecule has 0 amide bonds. The van der Waals surface area contributed by atoms with Crippen molar-refractivity contribution in [3.8, 4) is 0 Å². The molecule has 4 atom stereocenters. The maximum Gasteiger partial charge on any atom is -0.0383 e. The largest absolute Gasteiger partial charge is 0.0654 e. The molecule has 0 heteroatoms. The summed E-state index contributed by atoms with van der Waals surface area (Å²) in [7, 11) is 0. The van der Waals surface area contributed by atoms with Gasteiger partial charge in [-0.05, 0) is 61.2 Å². The molecule has 0 nitrogen and oxygen atoms in total. The van der Waals surface area contributed by atoms with Crippen molar-refractivity contribution in [1.82, 2.24) is 0 Å². The van der Waals surface area contributed by atoms with Crippen LogP contribution in [-0.2, 0) is 0 Å². The Morgan fingerprint density at radius 2 is 1.22 bits per heavy atom. The molecule has 0 N–H and O–H groups in total. The van der Waals surface area contributed by atoms with E-state index < -0.39 is 0 Å². The van der Waals surface area contributed by atoms with E-state index in [1.807, 2.05) is 0 Å². The summed E-state index contributed by atoms with van der Waals surface area (Å²) in [5.74, 6) is 6.12. The van der Waals surface area contributed by atoms with Crippen molar-refractivity contribution in [1.29, 1.82) is 0 Å². The Kier molecular flexibility index (Phi) is 8.48. The first-order valence-electron chi connectivity index (χ1n) is 11.1. The molecule has 0 aliphatic heterocycles. The molecule has 0 heterocycles. The summed E-state index contributed by atoms with van der Waals surface area (Å²) >= 11 is 0. The first-order chi connectivity index (χ1) is 11.1. The van der Waals surface area contributed by atoms with Crippen molar-refractivity contribution in [3.05, 3.63) is 0 Å². The minimum atomic E-state index is 0.963. The van der Waals surface area contributed by atoms with Gasteiger partial charge < -0.3 is 0 Å². The molecule has 0 radical (unpaired) electrons. The second kappa shape index (κ2) is 10.1. The van der Waals surface area contributed by atoms with Crippen molar-refractivity contribution >= 4 is 0 Å². The van der Waals surface area contributed by atoms with Crippen molar-refractivity contribution in [2.75, 3.05) is 0 Å². The third-order valence-electron chi connectivity index (χ3n) is 7.37. The van der Waals surface area contributed by atoms with Crippen LogP contribution in [0.4, 0.5) is 0 Å². The van der Waals surface area contributed by atoms with Crippen LogP contribution in [0.2, 0.25) is 0 Å². The Morgan fingerprint density at radius 3 is 1.70 bits per heavy atom. The van der Waals surface area contributed by atoms with E-state index >= 15 is 0 Å². The lowest BCUT2D eigenvalue weighted by molar-refractivity contribution is 0.0917. The normalized spacial score (nSPS) is 32.6. The molecule has 0 aromatic rings. The average molecular weight is 321 g/mol. The molecule has 0 bridgehead atoms. The molecule has 0 aromatic heterocycles.